The lowest BCUT2D eigenvalue weighted by atomic mass is 9.67. The van der Waals surface area contributed by atoms with Gasteiger partial charge in [-0.15, -0.1) is 0 Å². The van der Waals surface area contributed by atoms with Crippen LogP contribution < -0.4 is 0 Å². The topological polar surface area (TPSA) is 104 Å². The first-order valence-corrected chi connectivity index (χ1v) is 13.6. The molecule has 7 atom stereocenters. The van der Waals surface area contributed by atoms with E-state index in [1.54, 1.807) is 6.92 Å². The number of rotatable bonds is 8. The van der Waals surface area contributed by atoms with Gasteiger partial charge in [0.15, 0.2) is 11.4 Å². The molecule has 0 amide bonds. The Morgan fingerprint density at radius 3 is 1.83 bits per heavy atom. The van der Waals surface area contributed by atoms with Crippen LogP contribution in [0.4, 0.5) is 22.0 Å². The maximum Gasteiger partial charge on any atom is 0.449 e. The first-order chi connectivity index (χ1) is 18.2. The molecule has 3 fully saturated rings. The summed E-state index contributed by atoms with van der Waals surface area (Å²) in [6, 6.07) is 0. The summed E-state index contributed by atoms with van der Waals surface area (Å²) in [6.45, 7) is 14.7. The number of hydrogen-bond donors (Lipinski definition) is 2. The molecule has 3 rings (SSSR count). The minimum atomic E-state index is -5.77. The standard InChI is InChI=1S/C28H43F5O8/c1-16(2)20(34)39-19-11-17(21(3,4)40-23(7)13-25(9,35)37-14-23)10-18(12-19)22(5,6)41-24(8)15-38-27(36,26(24,29)30)28(31,32)33/h17-19,35-36H,1,10-15H2,2-9H3. The minimum Gasteiger partial charge on any atom is -0.459 e. The van der Waals surface area contributed by atoms with Crippen LogP contribution in [0.1, 0.15) is 81.1 Å². The molecule has 0 aromatic heterocycles. The van der Waals surface area contributed by atoms with Crippen molar-refractivity contribution in [3.63, 3.8) is 0 Å². The Morgan fingerprint density at radius 1 is 0.902 bits per heavy atom. The molecular weight excluding hydrogens is 559 g/mol. The number of esters is 1. The lowest BCUT2D eigenvalue weighted by molar-refractivity contribution is -0.412. The highest BCUT2D eigenvalue weighted by atomic mass is 19.4. The summed E-state index contributed by atoms with van der Waals surface area (Å²) in [4.78, 5) is 12.4. The van der Waals surface area contributed by atoms with Crippen LogP contribution in [-0.2, 0) is 28.5 Å². The van der Waals surface area contributed by atoms with Gasteiger partial charge in [0.25, 0.3) is 0 Å². The summed E-state index contributed by atoms with van der Waals surface area (Å²) >= 11 is 0. The third-order valence-corrected chi connectivity index (χ3v) is 8.67. The SMILES string of the molecule is C=C(C)C(=O)OC1CC(C(C)(C)OC2(C)COC(C)(O)C2)CC(C(C)(C)OC2(C)COC(O)(C(F)(F)F)C2(F)F)C1. The minimum absolute atomic E-state index is 0.123. The van der Waals surface area contributed by atoms with E-state index in [0.29, 0.717) is 12.8 Å². The van der Waals surface area contributed by atoms with E-state index in [2.05, 4.69) is 11.3 Å². The second-order valence-corrected chi connectivity index (χ2v) is 13.6. The molecule has 1 aliphatic carbocycles. The number of ether oxygens (including phenoxy) is 5. The van der Waals surface area contributed by atoms with E-state index in [1.165, 1.54) is 27.7 Å². The Balaban J connectivity index is 1.90. The molecule has 7 unspecified atom stereocenters. The van der Waals surface area contributed by atoms with E-state index in [-0.39, 0.29) is 30.9 Å². The summed E-state index contributed by atoms with van der Waals surface area (Å²) in [5.74, 6) is -12.5. The third kappa shape index (κ3) is 6.45. The van der Waals surface area contributed by atoms with Crippen molar-refractivity contribution in [1.82, 2.24) is 0 Å². The summed E-state index contributed by atoms with van der Waals surface area (Å²) in [6.07, 6.45) is -5.45. The molecular formula is C28H43F5O8. The maximum absolute atomic E-state index is 15.2. The fourth-order valence-electron chi connectivity index (χ4n) is 6.44. The van der Waals surface area contributed by atoms with Crippen molar-refractivity contribution in [2.24, 2.45) is 11.8 Å². The van der Waals surface area contributed by atoms with E-state index < -0.39 is 70.7 Å². The number of carbonyl (C=O) groups excluding carboxylic acids is 1. The van der Waals surface area contributed by atoms with Crippen molar-refractivity contribution in [3.8, 4) is 0 Å². The first-order valence-electron chi connectivity index (χ1n) is 13.6. The van der Waals surface area contributed by atoms with Gasteiger partial charge in [-0.3, -0.25) is 0 Å². The smallest absolute Gasteiger partial charge is 0.449 e. The van der Waals surface area contributed by atoms with Gasteiger partial charge >= 0.3 is 23.9 Å². The molecule has 0 radical (unpaired) electrons. The van der Waals surface area contributed by atoms with Crippen LogP contribution in [0, 0.1) is 11.8 Å². The van der Waals surface area contributed by atoms with Crippen LogP contribution in [-0.4, -0.2) is 81.6 Å². The molecule has 3 aliphatic rings. The van der Waals surface area contributed by atoms with Gasteiger partial charge in [0.2, 0.25) is 0 Å². The lowest BCUT2D eigenvalue weighted by Crippen LogP contribution is -2.64. The molecule has 0 aromatic carbocycles. The molecule has 238 valence electrons. The van der Waals surface area contributed by atoms with Gasteiger partial charge in [-0.2, -0.15) is 22.0 Å². The second kappa shape index (κ2) is 10.4. The Bertz CT molecular complexity index is 1030. The van der Waals surface area contributed by atoms with Gasteiger partial charge in [-0.25, -0.2) is 4.79 Å². The van der Waals surface area contributed by atoms with Crippen molar-refractivity contribution in [2.75, 3.05) is 13.2 Å². The molecule has 8 nitrogen and oxygen atoms in total. The molecule has 0 bridgehead atoms. The summed E-state index contributed by atoms with van der Waals surface area (Å²) in [5.41, 5.74) is -5.92. The van der Waals surface area contributed by atoms with Gasteiger partial charge in [0, 0.05) is 12.0 Å². The van der Waals surface area contributed by atoms with Gasteiger partial charge < -0.3 is 33.9 Å². The van der Waals surface area contributed by atoms with Crippen LogP contribution in [0.5, 0.6) is 0 Å². The predicted octanol–water partition coefficient (Wildman–Crippen LogP) is 5.04. The highest BCUT2D eigenvalue weighted by Gasteiger charge is 2.82. The van der Waals surface area contributed by atoms with Crippen LogP contribution in [0.25, 0.3) is 0 Å². The average molecular weight is 603 g/mol. The average Bonchev–Trinajstić information content (AvgIpc) is 3.16. The van der Waals surface area contributed by atoms with Gasteiger partial charge in [-0.05, 0) is 86.5 Å². The number of alkyl halides is 5. The molecule has 2 heterocycles. The zero-order chi connectivity index (χ0) is 31.7. The Kier molecular flexibility index (Phi) is 8.62. The monoisotopic (exact) mass is 602 g/mol. The highest BCUT2D eigenvalue weighted by molar-refractivity contribution is 5.87. The van der Waals surface area contributed by atoms with E-state index in [1.807, 2.05) is 13.8 Å². The van der Waals surface area contributed by atoms with Gasteiger partial charge in [-0.1, -0.05) is 6.58 Å². The fourth-order valence-corrected chi connectivity index (χ4v) is 6.44. The highest BCUT2D eigenvalue weighted by Crippen LogP contribution is 2.56. The number of hydrogen-bond acceptors (Lipinski definition) is 8. The lowest BCUT2D eigenvalue weighted by Gasteiger charge is -2.50. The van der Waals surface area contributed by atoms with Crippen LogP contribution in [0.2, 0.25) is 0 Å². The molecule has 41 heavy (non-hydrogen) atoms. The van der Waals surface area contributed by atoms with Gasteiger partial charge in [0.05, 0.1) is 30.0 Å². The Hall–Kier alpha value is -1.38. The zero-order valence-corrected chi connectivity index (χ0v) is 24.9. The summed E-state index contributed by atoms with van der Waals surface area (Å²) in [5, 5.41) is 20.2. The molecule has 0 spiro atoms. The van der Waals surface area contributed by atoms with Crippen LogP contribution in [0.15, 0.2) is 12.2 Å². The fraction of sp³-hybridized carbons (Fsp3) is 0.893. The van der Waals surface area contributed by atoms with Crippen molar-refractivity contribution in [1.29, 1.82) is 0 Å². The molecule has 2 N–H and O–H groups in total. The van der Waals surface area contributed by atoms with E-state index >= 15 is 8.78 Å². The van der Waals surface area contributed by atoms with E-state index in [9.17, 15) is 28.2 Å². The molecule has 2 saturated heterocycles. The molecule has 2 aliphatic heterocycles. The quantitative estimate of drug-likeness (QED) is 0.226. The molecule has 13 heteroatoms. The van der Waals surface area contributed by atoms with Crippen LogP contribution >= 0.6 is 0 Å². The van der Waals surface area contributed by atoms with Crippen molar-refractivity contribution in [2.45, 2.75) is 133 Å². The Morgan fingerprint density at radius 2 is 1.41 bits per heavy atom. The Labute approximate surface area is 237 Å². The van der Waals surface area contributed by atoms with Crippen LogP contribution in [0.3, 0.4) is 0 Å². The summed E-state index contributed by atoms with van der Waals surface area (Å²) < 4.78 is 98.4. The third-order valence-electron chi connectivity index (χ3n) is 8.67. The second-order valence-electron chi connectivity index (χ2n) is 13.6. The van der Waals surface area contributed by atoms with Crippen molar-refractivity contribution >= 4 is 5.97 Å². The normalized spacial score (nSPS) is 40.0. The number of halogens is 5. The number of carbonyl (C=O) groups is 1. The van der Waals surface area contributed by atoms with E-state index in [4.69, 9.17) is 18.9 Å². The molecule has 0 aromatic rings. The summed E-state index contributed by atoms with van der Waals surface area (Å²) in [7, 11) is 0. The first kappa shape index (κ1) is 34.1. The zero-order valence-electron chi connectivity index (χ0n) is 24.9. The largest absolute Gasteiger partial charge is 0.459 e. The maximum atomic E-state index is 15.2. The van der Waals surface area contributed by atoms with Crippen molar-refractivity contribution in [3.05, 3.63) is 12.2 Å². The predicted molar refractivity (Wildman–Crippen MR) is 136 cm³/mol. The van der Waals surface area contributed by atoms with Crippen molar-refractivity contribution < 1.29 is 60.6 Å². The number of aliphatic hydroxyl groups is 2. The van der Waals surface area contributed by atoms with E-state index in [0.717, 1.165) is 6.92 Å². The molecule has 1 saturated carbocycles. The van der Waals surface area contributed by atoms with Gasteiger partial charge in [0.1, 0.15) is 6.10 Å².